The average molecular weight is 218 g/mol. The van der Waals surface area contributed by atoms with Gasteiger partial charge in [0.25, 0.3) is 0 Å². The third-order valence-electron chi connectivity index (χ3n) is 5.36. The number of fused-ring (bicyclic) bond motifs is 4. The molecule has 3 aliphatic rings. The zero-order valence-corrected chi connectivity index (χ0v) is 9.64. The highest BCUT2D eigenvalue weighted by atomic mass is 14.9. The summed E-state index contributed by atoms with van der Waals surface area (Å²) >= 11 is 0. The molecule has 0 N–H and O–H groups in total. The van der Waals surface area contributed by atoms with Gasteiger partial charge in [-0.1, -0.05) is 54.6 Å². The Balaban J connectivity index is 1.66. The molecule has 0 spiro atoms. The predicted octanol–water partition coefficient (Wildman–Crippen LogP) is 3.52. The molecule has 0 heterocycles. The van der Waals surface area contributed by atoms with E-state index < -0.39 is 0 Å². The van der Waals surface area contributed by atoms with Crippen molar-refractivity contribution in [2.75, 3.05) is 0 Å². The van der Waals surface area contributed by atoms with E-state index in [-0.39, 0.29) is 0 Å². The van der Waals surface area contributed by atoms with E-state index in [4.69, 9.17) is 0 Å². The largest absolute Gasteiger partial charge is 0.0622 e. The first-order chi connectivity index (χ1) is 8.44. The molecule has 2 saturated carbocycles. The lowest BCUT2D eigenvalue weighted by Gasteiger charge is -2.28. The molecule has 2 aromatic rings. The molecule has 0 radical (unpaired) electrons. The van der Waals surface area contributed by atoms with Crippen LogP contribution in [0.2, 0.25) is 0 Å². The highest BCUT2D eigenvalue weighted by molar-refractivity contribution is 5.63. The van der Waals surface area contributed by atoms with Crippen LogP contribution in [0.1, 0.15) is 22.6 Å². The van der Waals surface area contributed by atoms with Gasteiger partial charge in [0.15, 0.2) is 0 Å². The van der Waals surface area contributed by atoms with Crippen LogP contribution in [0.25, 0.3) is 0 Å². The van der Waals surface area contributed by atoms with Crippen LogP contribution >= 0.6 is 0 Å². The molecule has 3 aliphatic carbocycles. The summed E-state index contributed by atoms with van der Waals surface area (Å²) in [6.07, 6.45) is 1.31. The van der Waals surface area contributed by atoms with Crippen LogP contribution in [-0.2, 0) is 11.8 Å². The van der Waals surface area contributed by atoms with Crippen molar-refractivity contribution in [2.45, 2.75) is 17.8 Å². The summed E-state index contributed by atoms with van der Waals surface area (Å²) in [7, 11) is 0. The van der Waals surface area contributed by atoms with E-state index in [2.05, 4.69) is 54.6 Å². The van der Waals surface area contributed by atoms with Crippen LogP contribution in [0.15, 0.2) is 54.6 Å². The highest BCUT2D eigenvalue weighted by Gasteiger charge is 2.88. The minimum absolute atomic E-state index is 0.565. The Hall–Kier alpha value is -1.56. The van der Waals surface area contributed by atoms with Gasteiger partial charge >= 0.3 is 0 Å². The molecule has 0 bridgehead atoms. The van der Waals surface area contributed by atoms with Crippen LogP contribution in [0.4, 0.5) is 0 Å². The van der Waals surface area contributed by atoms with Gasteiger partial charge < -0.3 is 0 Å². The van der Waals surface area contributed by atoms with Gasteiger partial charge in [-0.15, -0.1) is 0 Å². The molecule has 0 amide bonds. The summed E-state index contributed by atoms with van der Waals surface area (Å²) in [4.78, 5) is 0. The maximum atomic E-state index is 2.35. The van der Waals surface area contributed by atoms with Gasteiger partial charge in [-0.3, -0.25) is 0 Å². The van der Waals surface area contributed by atoms with Gasteiger partial charge in [-0.05, 0) is 40.9 Å². The molecule has 17 heavy (non-hydrogen) atoms. The number of benzene rings is 2. The molecule has 5 rings (SSSR count). The zero-order chi connectivity index (χ0) is 11.0. The Morgan fingerprint density at radius 1 is 0.882 bits per heavy atom. The summed E-state index contributed by atoms with van der Waals surface area (Å²) in [6.45, 7) is 0. The first kappa shape index (κ1) is 8.52. The van der Waals surface area contributed by atoms with Crippen molar-refractivity contribution in [3.05, 3.63) is 71.3 Å². The van der Waals surface area contributed by atoms with E-state index in [0.717, 1.165) is 17.8 Å². The summed E-state index contributed by atoms with van der Waals surface area (Å²) in [5.74, 6) is 2.77. The van der Waals surface area contributed by atoms with E-state index in [9.17, 15) is 0 Å². The summed E-state index contributed by atoms with van der Waals surface area (Å²) < 4.78 is 0. The van der Waals surface area contributed by atoms with E-state index >= 15 is 0 Å². The lowest BCUT2D eigenvalue weighted by atomic mass is 9.75. The number of rotatable bonds is 1. The first-order valence-electron chi connectivity index (χ1n) is 6.57. The Labute approximate surface area is 101 Å². The third-order valence-corrected chi connectivity index (χ3v) is 5.36. The van der Waals surface area contributed by atoms with Crippen LogP contribution in [0.5, 0.6) is 0 Å². The highest BCUT2D eigenvalue weighted by Crippen LogP contribution is 2.90. The molecule has 0 heteroatoms. The third kappa shape index (κ3) is 0.782. The molecular weight excluding hydrogens is 204 g/mol. The molecule has 0 nitrogen and oxygen atoms in total. The minimum atomic E-state index is 0.565. The SMILES string of the molecule is c1ccc(C23C4Cc5ccccc5C2C43)cc1. The molecule has 2 fully saturated rings. The van der Waals surface area contributed by atoms with Crippen LogP contribution in [-0.4, -0.2) is 0 Å². The van der Waals surface area contributed by atoms with Crippen molar-refractivity contribution in [2.24, 2.45) is 11.8 Å². The average Bonchev–Trinajstić information content (AvgIpc) is 3.28. The van der Waals surface area contributed by atoms with Gasteiger partial charge in [0, 0.05) is 5.41 Å². The van der Waals surface area contributed by atoms with Crippen molar-refractivity contribution in [1.29, 1.82) is 0 Å². The topological polar surface area (TPSA) is 0 Å². The lowest BCUT2D eigenvalue weighted by molar-refractivity contribution is 0.479. The smallest absolute Gasteiger partial charge is 0.00968 e. The Bertz CT molecular complexity index is 607. The van der Waals surface area contributed by atoms with E-state index in [1.807, 2.05) is 0 Å². The van der Waals surface area contributed by atoms with Gasteiger partial charge in [0.1, 0.15) is 0 Å². The van der Waals surface area contributed by atoms with Crippen molar-refractivity contribution in [1.82, 2.24) is 0 Å². The van der Waals surface area contributed by atoms with Crippen LogP contribution in [0, 0.1) is 11.8 Å². The van der Waals surface area contributed by atoms with E-state index in [1.54, 1.807) is 16.7 Å². The monoisotopic (exact) mass is 218 g/mol. The maximum Gasteiger partial charge on any atom is 0.00968 e. The van der Waals surface area contributed by atoms with Gasteiger partial charge in [-0.2, -0.15) is 0 Å². The van der Waals surface area contributed by atoms with Gasteiger partial charge in [0.05, 0.1) is 0 Å². The van der Waals surface area contributed by atoms with Crippen molar-refractivity contribution in [3.8, 4) is 0 Å². The second kappa shape index (κ2) is 2.48. The predicted molar refractivity (Wildman–Crippen MR) is 68.0 cm³/mol. The van der Waals surface area contributed by atoms with E-state index in [0.29, 0.717) is 5.41 Å². The molecule has 0 aromatic heterocycles. The molecule has 2 aromatic carbocycles. The molecular formula is C17H14. The summed E-state index contributed by atoms with van der Waals surface area (Å²) in [5, 5.41) is 0. The molecule has 0 saturated heterocycles. The molecule has 4 unspecified atom stereocenters. The summed E-state index contributed by atoms with van der Waals surface area (Å²) in [5.41, 5.74) is 5.41. The molecule has 0 aliphatic heterocycles. The second-order valence-electron chi connectivity index (χ2n) is 5.81. The number of hydrogen-bond donors (Lipinski definition) is 0. The lowest BCUT2D eigenvalue weighted by Crippen LogP contribution is -2.21. The van der Waals surface area contributed by atoms with Crippen LogP contribution < -0.4 is 0 Å². The normalized spacial score (nSPS) is 39.2. The summed E-state index contributed by atoms with van der Waals surface area (Å²) in [6, 6.07) is 20.3. The zero-order valence-electron chi connectivity index (χ0n) is 9.64. The first-order valence-corrected chi connectivity index (χ1v) is 6.57. The standard InChI is InChI=1S/C17H14/c1-2-7-12(8-3-1)17-14-10-11-6-4-5-9-13(11)15(17)16(14)17/h1-9,14-16H,10H2. The fourth-order valence-corrected chi connectivity index (χ4v) is 4.61. The van der Waals surface area contributed by atoms with Crippen LogP contribution in [0.3, 0.4) is 0 Å². The van der Waals surface area contributed by atoms with E-state index in [1.165, 1.54) is 6.42 Å². The van der Waals surface area contributed by atoms with Crippen molar-refractivity contribution >= 4 is 0 Å². The van der Waals surface area contributed by atoms with Crippen molar-refractivity contribution in [3.63, 3.8) is 0 Å². The quantitative estimate of drug-likeness (QED) is 0.687. The minimum Gasteiger partial charge on any atom is -0.0622 e. The van der Waals surface area contributed by atoms with Crippen molar-refractivity contribution < 1.29 is 0 Å². The Morgan fingerprint density at radius 3 is 2.53 bits per heavy atom. The Kier molecular flexibility index (Phi) is 1.24. The fraction of sp³-hybridized carbons (Fsp3) is 0.294. The molecule has 82 valence electrons. The Morgan fingerprint density at radius 2 is 1.65 bits per heavy atom. The van der Waals surface area contributed by atoms with Gasteiger partial charge in [-0.25, -0.2) is 0 Å². The maximum absolute atomic E-state index is 2.35. The van der Waals surface area contributed by atoms with Gasteiger partial charge in [0.2, 0.25) is 0 Å². The number of hydrogen-bond acceptors (Lipinski definition) is 0. The molecule has 4 atom stereocenters. The fourth-order valence-electron chi connectivity index (χ4n) is 4.61. The second-order valence-corrected chi connectivity index (χ2v) is 5.81.